The number of amides is 1. The van der Waals surface area contributed by atoms with Crippen molar-refractivity contribution in [3.8, 4) is 5.75 Å². The zero-order valence-electron chi connectivity index (χ0n) is 15.7. The highest BCUT2D eigenvalue weighted by Gasteiger charge is 2.29. The minimum atomic E-state index is -0.00125. The topological polar surface area (TPSA) is 81.4 Å². The summed E-state index contributed by atoms with van der Waals surface area (Å²) < 4.78 is 10.6. The SMILES string of the molecule is COc1ccc2cc(C(=O)N3CCCC(c4nc(C)no4)C3)c(C)nc2c1. The van der Waals surface area contributed by atoms with Gasteiger partial charge in [0.05, 0.1) is 29.8 Å². The number of piperidine rings is 1. The molecule has 1 saturated heterocycles. The average molecular weight is 366 g/mol. The third-order valence-corrected chi connectivity index (χ3v) is 5.05. The zero-order chi connectivity index (χ0) is 19.0. The van der Waals surface area contributed by atoms with Crippen LogP contribution < -0.4 is 4.74 Å². The number of ether oxygens (including phenoxy) is 1. The number of likely N-dealkylation sites (tertiary alicyclic amines) is 1. The van der Waals surface area contributed by atoms with Crippen LogP contribution in [0.15, 0.2) is 28.8 Å². The van der Waals surface area contributed by atoms with Gasteiger partial charge in [0.15, 0.2) is 5.82 Å². The number of aromatic nitrogens is 3. The number of pyridine rings is 1. The van der Waals surface area contributed by atoms with E-state index >= 15 is 0 Å². The van der Waals surface area contributed by atoms with E-state index in [1.165, 1.54) is 0 Å². The molecule has 1 fully saturated rings. The normalized spacial score (nSPS) is 17.3. The maximum atomic E-state index is 13.2. The summed E-state index contributed by atoms with van der Waals surface area (Å²) in [6.45, 7) is 4.98. The number of aryl methyl sites for hydroxylation is 2. The first kappa shape index (κ1) is 17.5. The van der Waals surface area contributed by atoms with Crippen molar-refractivity contribution in [2.45, 2.75) is 32.6 Å². The fourth-order valence-corrected chi connectivity index (χ4v) is 3.60. The Morgan fingerprint density at radius 2 is 2.11 bits per heavy atom. The van der Waals surface area contributed by atoms with Crippen LogP contribution in [0.3, 0.4) is 0 Å². The highest BCUT2D eigenvalue weighted by atomic mass is 16.5. The summed E-state index contributed by atoms with van der Waals surface area (Å²) >= 11 is 0. The standard InChI is InChI=1S/C20H22N4O3/c1-12-17(9-14-6-7-16(26-3)10-18(14)21-12)20(25)24-8-4-5-15(11-24)19-22-13(2)23-27-19/h6-7,9-10,15H,4-5,8,11H2,1-3H3. The molecule has 7 heteroatoms. The first-order valence-corrected chi connectivity index (χ1v) is 9.10. The Hall–Kier alpha value is -2.96. The van der Waals surface area contributed by atoms with Crippen LogP contribution in [0.5, 0.6) is 5.75 Å². The van der Waals surface area contributed by atoms with Crippen LogP contribution in [0.4, 0.5) is 0 Å². The first-order chi connectivity index (χ1) is 13.0. The van der Waals surface area contributed by atoms with Crippen molar-refractivity contribution >= 4 is 16.8 Å². The van der Waals surface area contributed by atoms with E-state index in [0.29, 0.717) is 23.8 Å². The Kier molecular flexibility index (Phi) is 4.51. The zero-order valence-corrected chi connectivity index (χ0v) is 15.7. The van der Waals surface area contributed by atoms with Crippen LogP contribution >= 0.6 is 0 Å². The molecule has 0 N–H and O–H groups in total. The molecule has 0 bridgehead atoms. The highest BCUT2D eigenvalue weighted by Crippen LogP contribution is 2.28. The number of hydrogen-bond donors (Lipinski definition) is 0. The molecule has 0 radical (unpaired) electrons. The third-order valence-electron chi connectivity index (χ3n) is 5.05. The summed E-state index contributed by atoms with van der Waals surface area (Å²) in [6, 6.07) is 7.60. The predicted octanol–water partition coefficient (Wildman–Crippen LogP) is 3.26. The largest absolute Gasteiger partial charge is 0.497 e. The van der Waals surface area contributed by atoms with E-state index in [4.69, 9.17) is 9.26 Å². The van der Waals surface area contributed by atoms with E-state index < -0.39 is 0 Å². The molecule has 27 heavy (non-hydrogen) atoms. The van der Waals surface area contributed by atoms with Crippen LogP contribution in [0.2, 0.25) is 0 Å². The molecular formula is C20H22N4O3. The summed E-state index contributed by atoms with van der Waals surface area (Å²) in [7, 11) is 1.63. The Bertz CT molecular complexity index is 998. The van der Waals surface area contributed by atoms with E-state index in [1.54, 1.807) is 14.0 Å². The van der Waals surface area contributed by atoms with Gasteiger partial charge in [-0.3, -0.25) is 9.78 Å². The Labute approximate surface area is 157 Å². The summed E-state index contributed by atoms with van der Waals surface area (Å²) in [6.07, 6.45) is 1.86. The predicted molar refractivity (Wildman–Crippen MR) is 99.9 cm³/mol. The number of hydrogen-bond acceptors (Lipinski definition) is 6. The maximum absolute atomic E-state index is 13.2. The van der Waals surface area contributed by atoms with Gasteiger partial charge >= 0.3 is 0 Å². The number of benzene rings is 1. The second-order valence-corrected chi connectivity index (χ2v) is 6.95. The van der Waals surface area contributed by atoms with Gasteiger partial charge < -0.3 is 14.2 Å². The van der Waals surface area contributed by atoms with Crippen molar-refractivity contribution in [2.75, 3.05) is 20.2 Å². The minimum Gasteiger partial charge on any atom is -0.497 e. The highest BCUT2D eigenvalue weighted by molar-refractivity contribution is 5.98. The molecule has 1 aromatic carbocycles. The second kappa shape index (κ2) is 6.98. The molecule has 0 spiro atoms. The van der Waals surface area contributed by atoms with Gasteiger partial charge in [-0.2, -0.15) is 4.98 Å². The average Bonchev–Trinajstić information content (AvgIpc) is 3.13. The molecule has 1 atom stereocenters. The van der Waals surface area contributed by atoms with Crippen molar-refractivity contribution in [3.05, 3.63) is 47.2 Å². The first-order valence-electron chi connectivity index (χ1n) is 9.10. The number of rotatable bonds is 3. The van der Waals surface area contributed by atoms with Crippen LogP contribution in [-0.2, 0) is 0 Å². The quantitative estimate of drug-likeness (QED) is 0.708. The smallest absolute Gasteiger partial charge is 0.255 e. The number of carbonyl (C=O) groups excluding carboxylic acids is 1. The van der Waals surface area contributed by atoms with E-state index in [2.05, 4.69) is 15.1 Å². The van der Waals surface area contributed by atoms with Gasteiger partial charge in [0, 0.05) is 24.5 Å². The summed E-state index contributed by atoms with van der Waals surface area (Å²) in [5.74, 6) is 2.08. The van der Waals surface area contributed by atoms with Gasteiger partial charge in [-0.05, 0) is 44.9 Å². The minimum absolute atomic E-state index is 0.00125. The molecule has 3 aromatic rings. The third kappa shape index (κ3) is 3.37. The van der Waals surface area contributed by atoms with Crippen molar-refractivity contribution < 1.29 is 14.1 Å². The fraction of sp³-hybridized carbons (Fsp3) is 0.400. The van der Waals surface area contributed by atoms with E-state index in [1.807, 2.05) is 36.1 Å². The van der Waals surface area contributed by atoms with Crippen molar-refractivity contribution in [1.29, 1.82) is 0 Å². The molecule has 7 nitrogen and oxygen atoms in total. The van der Waals surface area contributed by atoms with E-state index in [-0.39, 0.29) is 11.8 Å². The lowest BCUT2D eigenvalue weighted by molar-refractivity contribution is 0.0694. The number of methoxy groups -OCH3 is 1. The number of fused-ring (bicyclic) bond motifs is 1. The molecule has 4 rings (SSSR count). The van der Waals surface area contributed by atoms with Gasteiger partial charge in [-0.15, -0.1) is 0 Å². The Morgan fingerprint density at radius 1 is 1.26 bits per heavy atom. The van der Waals surface area contributed by atoms with Gasteiger partial charge in [0.1, 0.15) is 5.75 Å². The van der Waals surface area contributed by atoms with Crippen molar-refractivity contribution in [1.82, 2.24) is 20.0 Å². The van der Waals surface area contributed by atoms with Crippen LogP contribution in [0, 0.1) is 13.8 Å². The second-order valence-electron chi connectivity index (χ2n) is 6.95. The summed E-state index contributed by atoms with van der Waals surface area (Å²) in [5, 5.41) is 4.79. The lowest BCUT2D eigenvalue weighted by Crippen LogP contribution is -2.39. The summed E-state index contributed by atoms with van der Waals surface area (Å²) in [5.41, 5.74) is 2.17. The van der Waals surface area contributed by atoms with Gasteiger partial charge in [-0.25, -0.2) is 0 Å². The molecule has 2 aromatic heterocycles. The Morgan fingerprint density at radius 3 is 2.85 bits per heavy atom. The molecule has 1 aliphatic heterocycles. The number of carbonyl (C=O) groups is 1. The molecule has 1 aliphatic rings. The van der Waals surface area contributed by atoms with Gasteiger partial charge in [0.2, 0.25) is 5.89 Å². The molecule has 1 unspecified atom stereocenters. The summed E-state index contributed by atoms with van der Waals surface area (Å²) in [4.78, 5) is 24.0. The molecule has 140 valence electrons. The Balaban J connectivity index is 1.60. The molecule has 0 aliphatic carbocycles. The molecular weight excluding hydrogens is 344 g/mol. The maximum Gasteiger partial charge on any atom is 0.255 e. The van der Waals surface area contributed by atoms with Crippen LogP contribution in [-0.4, -0.2) is 46.1 Å². The van der Waals surface area contributed by atoms with E-state index in [9.17, 15) is 4.79 Å². The fourth-order valence-electron chi connectivity index (χ4n) is 3.60. The molecule has 3 heterocycles. The lowest BCUT2D eigenvalue weighted by Gasteiger charge is -2.31. The van der Waals surface area contributed by atoms with E-state index in [0.717, 1.165) is 41.7 Å². The van der Waals surface area contributed by atoms with Crippen LogP contribution in [0.1, 0.15) is 46.5 Å². The van der Waals surface area contributed by atoms with Gasteiger partial charge in [-0.1, -0.05) is 5.16 Å². The molecule has 0 saturated carbocycles. The monoisotopic (exact) mass is 366 g/mol. The lowest BCUT2D eigenvalue weighted by atomic mass is 9.97. The van der Waals surface area contributed by atoms with Crippen LogP contribution in [0.25, 0.3) is 10.9 Å². The van der Waals surface area contributed by atoms with Crippen molar-refractivity contribution in [3.63, 3.8) is 0 Å². The molecule has 1 amide bonds. The number of nitrogens with zero attached hydrogens (tertiary/aromatic N) is 4. The van der Waals surface area contributed by atoms with Gasteiger partial charge in [0.25, 0.3) is 5.91 Å². The van der Waals surface area contributed by atoms with Crippen molar-refractivity contribution in [2.24, 2.45) is 0 Å².